The van der Waals surface area contributed by atoms with E-state index in [1.807, 2.05) is 30.9 Å². The molecule has 1 aliphatic rings. The van der Waals surface area contributed by atoms with Crippen LogP contribution in [0.5, 0.6) is 0 Å². The summed E-state index contributed by atoms with van der Waals surface area (Å²) in [7, 11) is 0. The first-order valence-electron chi connectivity index (χ1n) is 5.70. The molecular weight excluding hydrogens is 338 g/mol. The number of ether oxygens (including phenoxy) is 1. The van der Waals surface area contributed by atoms with Crippen LogP contribution in [0.1, 0.15) is 23.5 Å². The minimum absolute atomic E-state index is 0.0530. The van der Waals surface area contributed by atoms with E-state index >= 15 is 0 Å². The summed E-state index contributed by atoms with van der Waals surface area (Å²) >= 11 is 10.7. The lowest BCUT2D eigenvalue weighted by molar-refractivity contribution is -0.117. The fourth-order valence-electron chi connectivity index (χ4n) is 2.12. The predicted molar refractivity (Wildman–Crippen MR) is 77.6 cm³/mol. The van der Waals surface area contributed by atoms with Crippen LogP contribution in [0.25, 0.3) is 0 Å². The van der Waals surface area contributed by atoms with Crippen LogP contribution >= 0.6 is 38.9 Å². The molecule has 0 N–H and O–H groups in total. The van der Waals surface area contributed by atoms with E-state index in [2.05, 4.69) is 15.9 Å². The predicted octanol–water partition coefficient (Wildman–Crippen LogP) is 3.37. The monoisotopic (exact) mass is 351 g/mol. The fraction of sp³-hybridized carbons (Fsp3) is 0.583. The van der Waals surface area contributed by atoms with Crippen molar-refractivity contribution in [2.75, 3.05) is 19.0 Å². The molecule has 0 aliphatic carbocycles. The Bertz CT molecular complexity index is 449. The van der Waals surface area contributed by atoms with Crippen molar-refractivity contribution in [3.8, 4) is 0 Å². The highest BCUT2D eigenvalue weighted by Crippen LogP contribution is 2.27. The number of amides is 1. The molecule has 0 radical (unpaired) electrons. The molecule has 2 heterocycles. The Hall–Kier alpha value is -0.100. The summed E-state index contributed by atoms with van der Waals surface area (Å²) in [5.74, 6) is 0.457. The second-order valence-corrected chi connectivity index (χ2v) is 7.71. The van der Waals surface area contributed by atoms with Gasteiger partial charge in [0.2, 0.25) is 0 Å². The van der Waals surface area contributed by atoms with E-state index in [-0.39, 0.29) is 17.6 Å². The van der Waals surface area contributed by atoms with Crippen molar-refractivity contribution in [2.24, 2.45) is 0 Å². The van der Waals surface area contributed by atoms with Gasteiger partial charge in [-0.15, -0.1) is 22.9 Å². The van der Waals surface area contributed by atoms with Gasteiger partial charge in [0.25, 0.3) is 5.91 Å². The number of nitrogens with zero attached hydrogens (tertiary/aromatic N) is 1. The second-order valence-electron chi connectivity index (χ2n) is 4.94. The van der Waals surface area contributed by atoms with Crippen molar-refractivity contribution >= 4 is 44.8 Å². The largest absolute Gasteiger partial charge is 0.367 e. The minimum atomic E-state index is -0.345. The third kappa shape index (κ3) is 3.26. The van der Waals surface area contributed by atoms with Gasteiger partial charge in [0, 0.05) is 13.1 Å². The van der Waals surface area contributed by atoms with E-state index in [4.69, 9.17) is 16.3 Å². The van der Waals surface area contributed by atoms with Gasteiger partial charge in [-0.05, 0) is 41.9 Å². The first-order valence-corrected chi connectivity index (χ1v) is 7.84. The number of carbonyl (C=O) groups excluding carboxylic acids is 1. The van der Waals surface area contributed by atoms with Crippen LogP contribution in [-0.2, 0) is 4.74 Å². The second kappa shape index (κ2) is 5.49. The summed E-state index contributed by atoms with van der Waals surface area (Å²) < 4.78 is 6.78. The molecule has 1 atom stereocenters. The van der Waals surface area contributed by atoms with E-state index in [0.29, 0.717) is 19.0 Å². The molecule has 1 aromatic heterocycles. The van der Waals surface area contributed by atoms with Gasteiger partial charge in [0.15, 0.2) is 0 Å². The van der Waals surface area contributed by atoms with Crippen LogP contribution < -0.4 is 0 Å². The number of hydrogen-bond acceptors (Lipinski definition) is 3. The highest BCUT2D eigenvalue weighted by Gasteiger charge is 2.35. The van der Waals surface area contributed by atoms with Crippen molar-refractivity contribution in [3.05, 3.63) is 20.8 Å². The van der Waals surface area contributed by atoms with Gasteiger partial charge in [-0.3, -0.25) is 4.79 Å². The van der Waals surface area contributed by atoms with E-state index in [1.54, 1.807) is 0 Å². The number of thiophene rings is 1. The zero-order valence-corrected chi connectivity index (χ0v) is 13.4. The van der Waals surface area contributed by atoms with Gasteiger partial charge in [-0.1, -0.05) is 0 Å². The maximum atomic E-state index is 12.4. The Morgan fingerprint density at radius 3 is 2.94 bits per heavy atom. The smallest absolute Gasteiger partial charge is 0.264 e. The van der Waals surface area contributed by atoms with Crippen molar-refractivity contribution in [1.82, 2.24) is 4.90 Å². The third-order valence-electron chi connectivity index (χ3n) is 2.72. The highest BCUT2D eigenvalue weighted by molar-refractivity contribution is 9.11. The molecule has 6 heteroatoms. The molecule has 2 rings (SSSR count). The third-order valence-corrected chi connectivity index (χ3v) is 4.68. The minimum Gasteiger partial charge on any atom is -0.367 e. The summed E-state index contributed by atoms with van der Waals surface area (Å²) in [6.07, 6.45) is -0.0947. The number of carbonyl (C=O) groups is 1. The first-order chi connectivity index (χ1) is 8.41. The Kier molecular flexibility index (Phi) is 4.36. The maximum Gasteiger partial charge on any atom is 0.264 e. The summed E-state index contributed by atoms with van der Waals surface area (Å²) in [6, 6.07) is 3.73. The average Bonchev–Trinajstić information content (AvgIpc) is 2.72. The van der Waals surface area contributed by atoms with E-state index in [1.165, 1.54) is 11.3 Å². The van der Waals surface area contributed by atoms with Gasteiger partial charge in [-0.2, -0.15) is 0 Å². The van der Waals surface area contributed by atoms with Crippen LogP contribution in [0.2, 0.25) is 0 Å². The highest BCUT2D eigenvalue weighted by atomic mass is 79.9. The molecule has 0 bridgehead atoms. The zero-order chi connectivity index (χ0) is 13.3. The lowest BCUT2D eigenvalue weighted by Crippen LogP contribution is -2.55. The Morgan fingerprint density at radius 2 is 2.39 bits per heavy atom. The van der Waals surface area contributed by atoms with Crippen LogP contribution in [0, 0.1) is 0 Å². The number of hydrogen-bond donors (Lipinski definition) is 0. The number of rotatable bonds is 2. The van der Waals surface area contributed by atoms with E-state index < -0.39 is 0 Å². The summed E-state index contributed by atoms with van der Waals surface area (Å²) in [4.78, 5) is 15.0. The molecule has 1 aromatic rings. The van der Waals surface area contributed by atoms with Crippen LogP contribution in [0.4, 0.5) is 0 Å². The molecule has 1 amide bonds. The average molecular weight is 353 g/mol. The molecule has 1 saturated heterocycles. The number of morpholine rings is 1. The molecule has 0 saturated carbocycles. The zero-order valence-electron chi connectivity index (χ0n) is 10.3. The lowest BCUT2D eigenvalue weighted by Gasteiger charge is -2.42. The summed E-state index contributed by atoms with van der Waals surface area (Å²) in [5.41, 5.74) is -0.345. The maximum absolute atomic E-state index is 12.4. The number of halogens is 2. The van der Waals surface area contributed by atoms with Crippen molar-refractivity contribution in [3.63, 3.8) is 0 Å². The summed E-state index contributed by atoms with van der Waals surface area (Å²) in [6.45, 7) is 5.11. The quantitative estimate of drug-likeness (QED) is 0.764. The first kappa shape index (κ1) is 14.3. The Balaban J connectivity index is 2.14. The van der Waals surface area contributed by atoms with Crippen LogP contribution in [0.15, 0.2) is 15.9 Å². The molecule has 0 aromatic carbocycles. The van der Waals surface area contributed by atoms with E-state index in [0.717, 1.165) is 8.66 Å². The molecule has 3 nitrogen and oxygen atoms in total. The van der Waals surface area contributed by atoms with Gasteiger partial charge >= 0.3 is 0 Å². The number of alkyl halides is 1. The van der Waals surface area contributed by atoms with Gasteiger partial charge < -0.3 is 9.64 Å². The van der Waals surface area contributed by atoms with Crippen LogP contribution in [-0.4, -0.2) is 41.5 Å². The molecule has 1 fully saturated rings. The van der Waals surface area contributed by atoms with Crippen molar-refractivity contribution in [1.29, 1.82) is 0 Å². The summed E-state index contributed by atoms with van der Waals surface area (Å²) in [5, 5.41) is 0. The topological polar surface area (TPSA) is 29.5 Å². The van der Waals surface area contributed by atoms with E-state index in [9.17, 15) is 4.79 Å². The Labute approximate surface area is 124 Å². The molecule has 18 heavy (non-hydrogen) atoms. The van der Waals surface area contributed by atoms with Gasteiger partial charge in [0.1, 0.15) is 0 Å². The van der Waals surface area contributed by atoms with Crippen LogP contribution in [0.3, 0.4) is 0 Å². The van der Waals surface area contributed by atoms with Crippen molar-refractivity contribution < 1.29 is 9.53 Å². The Morgan fingerprint density at radius 1 is 1.67 bits per heavy atom. The molecule has 1 unspecified atom stereocenters. The molecular formula is C12H15BrClNO2S. The standard InChI is InChI=1S/C12H15BrClNO2S/c1-12(2)7-15(6-8(5-14)17-12)11(16)9-3-4-10(13)18-9/h3-4,8H,5-7H2,1-2H3. The lowest BCUT2D eigenvalue weighted by atomic mass is 10.1. The molecule has 1 aliphatic heterocycles. The van der Waals surface area contributed by atoms with Gasteiger partial charge in [-0.25, -0.2) is 0 Å². The fourth-order valence-corrected chi connectivity index (χ4v) is 3.63. The molecule has 0 spiro atoms. The van der Waals surface area contributed by atoms with Gasteiger partial charge in [0.05, 0.1) is 26.2 Å². The van der Waals surface area contributed by atoms with Crippen molar-refractivity contribution in [2.45, 2.75) is 25.6 Å². The SMILES string of the molecule is CC1(C)CN(C(=O)c2ccc(Br)s2)CC(CCl)O1. The normalized spacial score (nSPS) is 23.1. The molecule has 100 valence electrons.